The summed E-state index contributed by atoms with van der Waals surface area (Å²) >= 11 is 0. The van der Waals surface area contributed by atoms with Crippen molar-refractivity contribution in [3.8, 4) is 0 Å². The van der Waals surface area contributed by atoms with Gasteiger partial charge in [-0.15, -0.1) is 0 Å². The van der Waals surface area contributed by atoms with Crippen molar-refractivity contribution in [1.82, 2.24) is 20.2 Å². The van der Waals surface area contributed by atoms with E-state index in [-0.39, 0.29) is 11.5 Å². The zero-order valence-corrected chi connectivity index (χ0v) is 14.5. The molecule has 6 nitrogen and oxygen atoms in total. The first kappa shape index (κ1) is 16.6. The number of amides is 1. The molecule has 1 aromatic heterocycles. The Labute approximate surface area is 141 Å². The van der Waals surface area contributed by atoms with Gasteiger partial charge in [-0.05, 0) is 39.7 Å². The maximum Gasteiger partial charge on any atom is 0.286 e. The molecule has 0 spiro atoms. The van der Waals surface area contributed by atoms with E-state index in [0.717, 1.165) is 12.8 Å². The number of nitrogens with zero attached hydrogens (tertiary/aromatic N) is 3. The highest BCUT2D eigenvalue weighted by atomic mass is 16.2. The van der Waals surface area contributed by atoms with Gasteiger partial charge in [0, 0.05) is 24.0 Å². The van der Waals surface area contributed by atoms with Crippen LogP contribution in [0, 0.1) is 0 Å². The van der Waals surface area contributed by atoms with E-state index in [1.54, 1.807) is 18.2 Å². The summed E-state index contributed by atoms with van der Waals surface area (Å²) in [6.07, 6.45) is 3.30. The molecule has 3 rings (SSSR count). The highest BCUT2D eigenvalue weighted by Crippen LogP contribution is 2.21. The Balaban J connectivity index is 2.00. The van der Waals surface area contributed by atoms with E-state index in [1.165, 1.54) is 11.1 Å². The van der Waals surface area contributed by atoms with Crippen LogP contribution in [-0.2, 0) is 6.54 Å². The minimum absolute atomic E-state index is 0.163. The van der Waals surface area contributed by atoms with Crippen molar-refractivity contribution >= 4 is 16.7 Å². The molecule has 1 aliphatic heterocycles. The van der Waals surface area contributed by atoms with Gasteiger partial charge in [-0.3, -0.25) is 15.0 Å². The number of hydrogen-bond acceptors (Lipinski definition) is 4. The topological polar surface area (TPSA) is 67.2 Å². The van der Waals surface area contributed by atoms with Crippen molar-refractivity contribution in [2.75, 3.05) is 0 Å². The number of rotatable bonds is 3. The molecule has 6 heteroatoms. The fourth-order valence-electron chi connectivity index (χ4n) is 3.43. The zero-order valence-electron chi connectivity index (χ0n) is 14.5. The van der Waals surface area contributed by atoms with Gasteiger partial charge in [-0.2, -0.15) is 5.10 Å². The third-order valence-electron chi connectivity index (χ3n) is 4.81. The quantitative estimate of drug-likeness (QED) is 0.939. The van der Waals surface area contributed by atoms with E-state index in [1.807, 2.05) is 18.0 Å². The summed E-state index contributed by atoms with van der Waals surface area (Å²) in [5, 5.41) is 7.44. The van der Waals surface area contributed by atoms with Gasteiger partial charge in [0.1, 0.15) is 0 Å². The summed E-state index contributed by atoms with van der Waals surface area (Å²) in [6, 6.07) is 7.74. The molecule has 1 fully saturated rings. The lowest BCUT2D eigenvalue weighted by Crippen LogP contribution is -2.54. The van der Waals surface area contributed by atoms with E-state index in [0.29, 0.717) is 35.1 Å². The van der Waals surface area contributed by atoms with Crippen molar-refractivity contribution in [2.24, 2.45) is 0 Å². The van der Waals surface area contributed by atoms with Crippen LogP contribution >= 0.6 is 0 Å². The molecule has 0 bridgehead atoms. The van der Waals surface area contributed by atoms with Crippen molar-refractivity contribution in [3.63, 3.8) is 0 Å². The van der Waals surface area contributed by atoms with Gasteiger partial charge < -0.3 is 0 Å². The Morgan fingerprint density at radius 2 is 1.83 bits per heavy atom. The molecule has 2 aromatic rings. The third kappa shape index (κ3) is 2.94. The van der Waals surface area contributed by atoms with Gasteiger partial charge in [-0.1, -0.05) is 24.6 Å². The number of piperidine rings is 1. The number of nitrogens with one attached hydrogen (secondary N) is 1. The summed E-state index contributed by atoms with van der Waals surface area (Å²) in [7, 11) is 0. The number of hydrazine groups is 1. The van der Waals surface area contributed by atoms with Crippen molar-refractivity contribution in [3.05, 3.63) is 40.3 Å². The van der Waals surface area contributed by atoms with Crippen LogP contribution in [0.4, 0.5) is 0 Å². The largest absolute Gasteiger partial charge is 0.286 e. The van der Waals surface area contributed by atoms with Crippen LogP contribution in [0.15, 0.2) is 29.1 Å². The van der Waals surface area contributed by atoms with Crippen LogP contribution in [0.1, 0.15) is 50.5 Å². The van der Waals surface area contributed by atoms with Crippen molar-refractivity contribution < 1.29 is 4.79 Å². The van der Waals surface area contributed by atoms with Crippen molar-refractivity contribution in [2.45, 2.75) is 58.7 Å². The molecule has 1 aliphatic rings. The monoisotopic (exact) mass is 328 g/mol. The highest BCUT2D eigenvalue weighted by molar-refractivity contribution is 6.04. The smallest absolute Gasteiger partial charge is 0.283 e. The summed E-state index contributed by atoms with van der Waals surface area (Å²) in [5.74, 6) is -0.256. The molecule has 0 aliphatic carbocycles. The van der Waals surface area contributed by atoms with E-state index in [4.69, 9.17) is 0 Å². The number of aryl methyl sites for hydroxylation is 1. The lowest BCUT2D eigenvalue weighted by atomic mass is 10.00. The maximum absolute atomic E-state index is 12.9. The summed E-state index contributed by atoms with van der Waals surface area (Å²) < 4.78 is 1.35. The van der Waals surface area contributed by atoms with E-state index in [2.05, 4.69) is 24.4 Å². The third-order valence-corrected chi connectivity index (χ3v) is 4.81. The van der Waals surface area contributed by atoms with Crippen LogP contribution < -0.4 is 11.0 Å². The van der Waals surface area contributed by atoms with E-state index in [9.17, 15) is 9.59 Å². The molecule has 2 atom stereocenters. The zero-order chi connectivity index (χ0) is 17.3. The standard InChI is InChI=1S/C18H24N4O2/c1-4-21-18(24)15-11-6-5-10-14(15)16(19-21)17(23)20-22-12(2)8-7-9-13(22)3/h5-6,10-13H,4,7-9H2,1-3H3,(H,20,23)/t12-,13-/m1/s1. The number of aromatic nitrogens is 2. The van der Waals surface area contributed by atoms with Gasteiger partial charge in [0.2, 0.25) is 0 Å². The normalized spacial score (nSPS) is 21.8. The van der Waals surface area contributed by atoms with Crippen molar-refractivity contribution in [1.29, 1.82) is 0 Å². The first-order valence-electron chi connectivity index (χ1n) is 8.62. The molecule has 0 unspecified atom stereocenters. The van der Waals surface area contributed by atoms with E-state index >= 15 is 0 Å². The average molecular weight is 328 g/mol. The fourth-order valence-corrected chi connectivity index (χ4v) is 3.43. The summed E-state index contributed by atoms with van der Waals surface area (Å²) in [4.78, 5) is 25.3. The predicted octanol–water partition coefficient (Wildman–Crippen LogP) is 2.32. The number of benzene rings is 1. The average Bonchev–Trinajstić information content (AvgIpc) is 2.59. The lowest BCUT2D eigenvalue weighted by Gasteiger charge is -2.38. The fraction of sp³-hybridized carbons (Fsp3) is 0.500. The number of hydrogen-bond donors (Lipinski definition) is 1. The number of carbonyl (C=O) groups is 1. The van der Waals surface area contributed by atoms with Crippen LogP contribution in [0.25, 0.3) is 10.8 Å². The summed E-state index contributed by atoms with van der Waals surface area (Å²) in [5.41, 5.74) is 3.15. The Bertz CT molecular complexity index is 804. The molecule has 0 saturated carbocycles. The first-order valence-corrected chi connectivity index (χ1v) is 8.62. The molecule has 1 N–H and O–H groups in total. The second kappa shape index (κ2) is 6.73. The van der Waals surface area contributed by atoms with Crippen LogP contribution in [-0.4, -0.2) is 32.8 Å². The summed E-state index contributed by atoms with van der Waals surface area (Å²) in [6.45, 7) is 6.52. The number of carbonyl (C=O) groups excluding carboxylic acids is 1. The molecule has 128 valence electrons. The lowest BCUT2D eigenvalue weighted by molar-refractivity contribution is 0.0366. The predicted molar refractivity (Wildman–Crippen MR) is 93.8 cm³/mol. The van der Waals surface area contributed by atoms with Gasteiger partial charge in [0.25, 0.3) is 11.5 Å². The molecule has 1 aromatic carbocycles. The second-order valence-corrected chi connectivity index (χ2v) is 6.49. The van der Waals surface area contributed by atoms with Gasteiger partial charge in [-0.25, -0.2) is 9.69 Å². The van der Waals surface area contributed by atoms with Gasteiger partial charge in [0.05, 0.1) is 5.39 Å². The molecule has 24 heavy (non-hydrogen) atoms. The van der Waals surface area contributed by atoms with Gasteiger partial charge in [0.15, 0.2) is 5.69 Å². The van der Waals surface area contributed by atoms with Crippen LogP contribution in [0.2, 0.25) is 0 Å². The highest BCUT2D eigenvalue weighted by Gasteiger charge is 2.27. The molecule has 2 heterocycles. The molecule has 0 radical (unpaired) electrons. The Morgan fingerprint density at radius 1 is 1.21 bits per heavy atom. The Kier molecular flexibility index (Phi) is 4.66. The van der Waals surface area contributed by atoms with Crippen LogP contribution in [0.3, 0.4) is 0 Å². The molecular formula is C18H24N4O2. The molecular weight excluding hydrogens is 304 g/mol. The minimum atomic E-state index is -0.256. The Morgan fingerprint density at radius 3 is 2.46 bits per heavy atom. The Hall–Kier alpha value is -2.21. The maximum atomic E-state index is 12.9. The minimum Gasteiger partial charge on any atom is -0.283 e. The second-order valence-electron chi connectivity index (χ2n) is 6.49. The molecule has 1 amide bonds. The van der Waals surface area contributed by atoms with Gasteiger partial charge >= 0.3 is 0 Å². The first-order chi connectivity index (χ1) is 11.5. The van der Waals surface area contributed by atoms with Crippen LogP contribution in [0.5, 0.6) is 0 Å². The number of fused-ring (bicyclic) bond motifs is 1. The van der Waals surface area contributed by atoms with E-state index < -0.39 is 0 Å². The molecule has 1 saturated heterocycles. The SMILES string of the molecule is CCn1nc(C(=O)NN2[C@H](C)CCC[C@H]2C)c2ccccc2c1=O.